The maximum atomic E-state index is 13.1. The normalized spacial score (nSPS) is 10.8. The van der Waals surface area contributed by atoms with Gasteiger partial charge < -0.3 is 15.2 Å². The third-order valence-electron chi connectivity index (χ3n) is 7.21. The molecule has 0 aliphatic carbocycles. The highest BCUT2D eigenvalue weighted by Gasteiger charge is 2.24. The fraction of sp³-hybridized carbons (Fsp3) is 0.424. The van der Waals surface area contributed by atoms with Crippen LogP contribution in [0.2, 0.25) is 0 Å². The van der Waals surface area contributed by atoms with Gasteiger partial charge in [0.2, 0.25) is 0 Å². The monoisotopic (exact) mass is 577 g/mol. The minimum Gasteiger partial charge on any atom is -0.503 e. The Morgan fingerprint density at radius 3 is 2.14 bits per heavy atom. The van der Waals surface area contributed by atoms with Crippen LogP contribution in [0.4, 0.5) is 10.5 Å². The first kappa shape index (κ1) is 32.4. The molecular formula is C33H43N3O6. The SMILES string of the molecule is CCCCCCCCCCCCNC(=O)c1ccc2c(C(=O)NC(=O)N(OC)c3cccc(OC)c3O)cccc2c1. The summed E-state index contributed by atoms with van der Waals surface area (Å²) >= 11 is 0. The number of hydrogen-bond acceptors (Lipinski definition) is 6. The highest BCUT2D eigenvalue weighted by Crippen LogP contribution is 2.36. The average molecular weight is 578 g/mol. The standard InChI is InChI=1S/C33H43N3O6/c1-4-5-6-7-8-9-10-11-12-13-22-34-31(38)25-20-21-26-24(23-25)16-14-17-27(26)32(39)35-33(40)36(42-3)28-18-15-19-29(41-2)30(28)37/h14-21,23,37H,4-13,22H2,1-3H3,(H,34,38)(H,35,39,40). The van der Waals surface area contributed by atoms with Crippen molar-refractivity contribution < 1.29 is 29.1 Å². The van der Waals surface area contributed by atoms with Gasteiger partial charge in [-0.25, -0.2) is 4.79 Å². The Bertz CT molecular complexity index is 1340. The molecule has 42 heavy (non-hydrogen) atoms. The number of phenols is 1. The quantitative estimate of drug-likeness (QED) is 0.123. The third kappa shape index (κ3) is 8.94. The number of anilines is 1. The lowest BCUT2D eigenvalue weighted by Crippen LogP contribution is -2.42. The number of hydroxylamine groups is 1. The van der Waals surface area contributed by atoms with E-state index in [9.17, 15) is 19.5 Å². The van der Waals surface area contributed by atoms with Gasteiger partial charge in [-0.15, -0.1) is 0 Å². The van der Waals surface area contributed by atoms with Crippen molar-refractivity contribution in [2.45, 2.75) is 71.1 Å². The molecule has 0 spiro atoms. The Hall–Kier alpha value is -4.11. The van der Waals surface area contributed by atoms with E-state index >= 15 is 0 Å². The number of para-hydroxylation sites is 1. The summed E-state index contributed by atoms with van der Waals surface area (Å²) in [6.07, 6.45) is 12.4. The van der Waals surface area contributed by atoms with Crippen LogP contribution in [0.3, 0.4) is 0 Å². The Morgan fingerprint density at radius 2 is 1.48 bits per heavy atom. The molecule has 0 bridgehead atoms. The van der Waals surface area contributed by atoms with Gasteiger partial charge in [0.05, 0.1) is 14.2 Å². The van der Waals surface area contributed by atoms with E-state index in [0.717, 1.165) is 17.9 Å². The van der Waals surface area contributed by atoms with Crippen molar-refractivity contribution in [1.82, 2.24) is 10.6 Å². The van der Waals surface area contributed by atoms with Gasteiger partial charge in [0.1, 0.15) is 5.69 Å². The van der Waals surface area contributed by atoms with Crippen molar-refractivity contribution in [2.24, 2.45) is 0 Å². The summed E-state index contributed by atoms with van der Waals surface area (Å²) in [6.45, 7) is 2.86. The Morgan fingerprint density at radius 1 is 0.810 bits per heavy atom. The molecule has 0 unspecified atom stereocenters. The summed E-state index contributed by atoms with van der Waals surface area (Å²) in [4.78, 5) is 43.9. The van der Waals surface area contributed by atoms with Crippen molar-refractivity contribution in [3.8, 4) is 11.5 Å². The molecular weight excluding hydrogens is 534 g/mol. The van der Waals surface area contributed by atoms with E-state index in [2.05, 4.69) is 17.6 Å². The zero-order valence-electron chi connectivity index (χ0n) is 24.9. The second-order valence-corrected chi connectivity index (χ2v) is 10.2. The molecule has 9 nitrogen and oxygen atoms in total. The Kier molecular flexibility index (Phi) is 13.1. The van der Waals surface area contributed by atoms with Crippen LogP contribution >= 0.6 is 0 Å². The third-order valence-corrected chi connectivity index (χ3v) is 7.21. The number of nitrogens with one attached hydrogen (secondary N) is 2. The number of carbonyl (C=O) groups excluding carboxylic acids is 3. The van der Waals surface area contributed by atoms with Gasteiger partial charge in [0.15, 0.2) is 11.5 Å². The molecule has 3 rings (SSSR count). The number of imide groups is 1. The number of rotatable bonds is 16. The first-order chi connectivity index (χ1) is 20.4. The number of carbonyl (C=O) groups is 3. The summed E-state index contributed by atoms with van der Waals surface area (Å²) < 4.78 is 5.08. The van der Waals surface area contributed by atoms with Crippen LogP contribution in [-0.2, 0) is 4.84 Å². The van der Waals surface area contributed by atoms with Gasteiger partial charge in [0, 0.05) is 17.7 Å². The second-order valence-electron chi connectivity index (χ2n) is 10.2. The molecule has 3 aromatic carbocycles. The van der Waals surface area contributed by atoms with Crippen LogP contribution < -0.4 is 20.4 Å². The largest absolute Gasteiger partial charge is 0.503 e. The number of amides is 4. The van der Waals surface area contributed by atoms with E-state index in [0.29, 0.717) is 22.9 Å². The van der Waals surface area contributed by atoms with E-state index < -0.39 is 11.9 Å². The number of hydrogen-bond donors (Lipinski definition) is 3. The molecule has 0 aliphatic heterocycles. The van der Waals surface area contributed by atoms with Gasteiger partial charge in [-0.05, 0) is 47.5 Å². The lowest BCUT2D eigenvalue weighted by atomic mass is 10.0. The predicted molar refractivity (Wildman–Crippen MR) is 165 cm³/mol. The maximum Gasteiger partial charge on any atom is 0.353 e. The van der Waals surface area contributed by atoms with Crippen molar-refractivity contribution in [3.63, 3.8) is 0 Å². The minimum atomic E-state index is -0.897. The fourth-order valence-electron chi connectivity index (χ4n) is 4.88. The molecule has 0 radical (unpaired) electrons. The number of methoxy groups -OCH3 is 1. The molecule has 4 amide bonds. The summed E-state index contributed by atoms with van der Waals surface area (Å²) in [7, 11) is 2.62. The Balaban J connectivity index is 1.54. The maximum absolute atomic E-state index is 13.1. The highest BCUT2D eigenvalue weighted by atomic mass is 16.7. The van der Waals surface area contributed by atoms with Crippen LogP contribution in [0, 0.1) is 0 Å². The molecule has 0 fully saturated rings. The van der Waals surface area contributed by atoms with Gasteiger partial charge in [-0.2, -0.15) is 5.06 Å². The number of phenolic OH excluding ortho intramolecular Hbond substituents is 1. The molecule has 3 aromatic rings. The lowest BCUT2D eigenvalue weighted by Gasteiger charge is -2.21. The molecule has 0 aliphatic rings. The van der Waals surface area contributed by atoms with Crippen LogP contribution in [0.25, 0.3) is 10.8 Å². The van der Waals surface area contributed by atoms with Gasteiger partial charge in [0.25, 0.3) is 11.8 Å². The second kappa shape index (κ2) is 17.0. The van der Waals surface area contributed by atoms with E-state index in [4.69, 9.17) is 9.57 Å². The van der Waals surface area contributed by atoms with E-state index in [-0.39, 0.29) is 28.7 Å². The highest BCUT2D eigenvalue weighted by molar-refractivity contribution is 6.14. The molecule has 0 saturated heterocycles. The van der Waals surface area contributed by atoms with Gasteiger partial charge >= 0.3 is 6.03 Å². The average Bonchev–Trinajstić information content (AvgIpc) is 3.00. The van der Waals surface area contributed by atoms with Crippen LogP contribution in [-0.4, -0.2) is 43.7 Å². The number of ether oxygens (including phenoxy) is 1. The molecule has 9 heteroatoms. The number of aromatic hydroxyl groups is 1. The molecule has 0 atom stereocenters. The lowest BCUT2D eigenvalue weighted by molar-refractivity contribution is 0.0944. The van der Waals surface area contributed by atoms with E-state index in [1.54, 1.807) is 36.4 Å². The van der Waals surface area contributed by atoms with Gasteiger partial charge in [-0.1, -0.05) is 89.0 Å². The Labute approximate surface area is 248 Å². The van der Waals surface area contributed by atoms with Crippen LogP contribution in [0.1, 0.15) is 91.8 Å². The smallest absolute Gasteiger partial charge is 0.353 e. The van der Waals surface area contributed by atoms with E-state index in [1.165, 1.54) is 77.7 Å². The zero-order valence-corrected chi connectivity index (χ0v) is 24.9. The topological polar surface area (TPSA) is 117 Å². The van der Waals surface area contributed by atoms with Crippen molar-refractivity contribution in [1.29, 1.82) is 0 Å². The van der Waals surface area contributed by atoms with Crippen LogP contribution in [0.5, 0.6) is 11.5 Å². The summed E-state index contributed by atoms with van der Waals surface area (Å²) in [5, 5.41) is 17.7. The number of fused-ring (bicyclic) bond motifs is 1. The summed E-state index contributed by atoms with van der Waals surface area (Å²) in [5.41, 5.74) is 0.764. The van der Waals surface area contributed by atoms with E-state index in [1.807, 2.05) is 6.07 Å². The minimum absolute atomic E-state index is 0.00790. The summed E-state index contributed by atoms with van der Waals surface area (Å²) in [6, 6.07) is 13.9. The molecule has 0 heterocycles. The first-order valence-corrected chi connectivity index (χ1v) is 14.8. The first-order valence-electron chi connectivity index (χ1n) is 14.8. The predicted octanol–water partition coefficient (Wildman–Crippen LogP) is 7.12. The molecule has 0 saturated carbocycles. The van der Waals surface area contributed by atoms with Crippen LogP contribution in [0.15, 0.2) is 54.6 Å². The zero-order chi connectivity index (χ0) is 30.3. The van der Waals surface area contributed by atoms with Crippen molar-refractivity contribution in [2.75, 3.05) is 25.8 Å². The number of unbranched alkanes of at least 4 members (excludes halogenated alkanes) is 9. The molecule has 3 N–H and O–H groups in total. The number of urea groups is 1. The van der Waals surface area contributed by atoms with Gasteiger partial charge in [-0.3, -0.25) is 19.7 Å². The van der Waals surface area contributed by atoms with Crippen molar-refractivity contribution in [3.05, 3.63) is 65.7 Å². The molecule has 226 valence electrons. The van der Waals surface area contributed by atoms with Crippen molar-refractivity contribution >= 4 is 34.3 Å². The summed E-state index contributed by atoms with van der Waals surface area (Å²) in [5.74, 6) is -0.987. The number of benzene rings is 3. The number of nitrogens with zero attached hydrogens (tertiary/aromatic N) is 1. The fourth-order valence-corrected chi connectivity index (χ4v) is 4.88. The molecule has 0 aromatic heterocycles.